The second-order valence-electron chi connectivity index (χ2n) is 3.27. The predicted octanol–water partition coefficient (Wildman–Crippen LogP) is 1.95. The van der Waals surface area contributed by atoms with Gasteiger partial charge in [0.1, 0.15) is 0 Å². The molecule has 0 unspecified atom stereocenters. The SMILES string of the molecule is CC(C)N1CC=Nc2[nH]ccc21. The quantitative estimate of drug-likeness (QED) is 0.674. The van der Waals surface area contributed by atoms with Crippen molar-refractivity contribution in [3.05, 3.63) is 12.3 Å². The fourth-order valence-electron chi connectivity index (χ4n) is 1.49. The highest BCUT2D eigenvalue weighted by atomic mass is 15.2. The summed E-state index contributed by atoms with van der Waals surface area (Å²) in [6.45, 7) is 5.30. The van der Waals surface area contributed by atoms with Crippen LogP contribution in [0, 0.1) is 0 Å². The first kappa shape index (κ1) is 7.40. The Morgan fingerprint density at radius 2 is 2.42 bits per heavy atom. The maximum atomic E-state index is 4.26. The van der Waals surface area contributed by atoms with E-state index >= 15 is 0 Å². The van der Waals surface area contributed by atoms with E-state index in [0.717, 1.165) is 12.4 Å². The van der Waals surface area contributed by atoms with Crippen LogP contribution in [0.2, 0.25) is 0 Å². The number of nitrogens with one attached hydrogen (secondary N) is 1. The third kappa shape index (κ3) is 1.02. The van der Waals surface area contributed by atoms with Crippen LogP contribution in [0.1, 0.15) is 13.8 Å². The minimum atomic E-state index is 0.534. The van der Waals surface area contributed by atoms with Gasteiger partial charge in [-0.15, -0.1) is 0 Å². The summed E-state index contributed by atoms with van der Waals surface area (Å²) in [6, 6.07) is 2.61. The lowest BCUT2D eigenvalue weighted by atomic mass is 10.2. The molecule has 64 valence electrons. The minimum absolute atomic E-state index is 0.534. The first-order valence-corrected chi connectivity index (χ1v) is 4.25. The van der Waals surface area contributed by atoms with Gasteiger partial charge in [-0.2, -0.15) is 0 Å². The molecular formula is C9H13N3. The summed E-state index contributed by atoms with van der Waals surface area (Å²) in [6.07, 6.45) is 3.88. The van der Waals surface area contributed by atoms with Gasteiger partial charge in [-0.3, -0.25) is 0 Å². The molecule has 0 aliphatic carbocycles. The van der Waals surface area contributed by atoms with Crippen LogP contribution in [0.25, 0.3) is 0 Å². The van der Waals surface area contributed by atoms with Crippen LogP contribution in [-0.4, -0.2) is 23.8 Å². The molecule has 2 heterocycles. The van der Waals surface area contributed by atoms with Crippen LogP contribution in [0.4, 0.5) is 11.5 Å². The number of H-pyrrole nitrogens is 1. The summed E-state index contributed by atoms with van der Waals surface area (Å²) in [4.78, 5) is 9.68. The topological polar surface area (TPSA) is 31.4 Å². The molecule has 2 rings (SSSR count). The molecular weight excluding hydrogens is 150 g/mol. The zero-order valence-corrected chi connectivity index (χ0v) is 7.41. The van der Waals surface area contributed by atoms with Crippen molar-refractivity contribution < 1.29 is 0 Å². The van der Waals surface area contributed by atoms with Crippen molar-refractivity contribution >= 4 is 17.7 Å². The number of fused-ring (bicyclic) bond motifs is 1. The molecule has 0 saturated heterocycles. The Hall–Kier alpha value is -1.25. The van der Waals surface area contributed by atoms with Gasteiger partial charge in [-0.05, 0) is 19.9 Å². The van der Waals surface area contributed by atoms with E-state index in [-0.39, 0.29) is 0 Å². The lowest BCUT2D eigenvalue weighted by Crippen LogP contribution is -2.33. The molecule has 3 heteroatoms. The van der Waals surface area contributed by atoms with Gasteiger partial charge in [0.2, 0.25) is 0 Å². The molecule has 1 N–H and O–H groups in total. The molecule has 0 amide bonds. The van der Waals surface area contributed by atoms with Crippen molar-refractivity contribution in [2.24, 2.45) is 4.99 Å². The van der Waals surface area contributed by atoms with Crippen LogP contribution in [0.15, 0.2) is 17.3 Å². The molecule has 1 aliphatic heterocycles. The van der Waals surface area contributed by atoms with Crippen LogP contribution in [0.3, 0.4) is 0 Å². The predicted molar refractivity (Wildman–Crippen MR) is 51.4 cm³/mol. The Morgan fingerprint density at radius 3 is 3.17 bits per heavy atom. The average Bonchev–Trinajstić information content (AvgIpc) is 2.49. The van der Waals surface area contributed by atoms with Gasteiger partial charge in [-0.25, -0.2) is 4.99 Å². The van der Waals surface area contributed by atoms with Gasteiger partial charge in [-0.1, -0.05) is 0 Å². The number of nitrogens with zero attached hydrogens (tertiary/aromatic N) is 2. The smallest absolute Gasteiger partial charge is 0.153 e. The van der Waals surface area contributed by atoms with Crippen LogP contribution in [0.5, 0.6) is 0 Å². The lowest BCUT2D eigenvalue weighted by molar-refractivity contribution is 0.732. The summed E-state index contributed by atoms with van der Waals surface area (Å²) >= 11 is 0. The van der Waals surface area contributed by atoms with Crippen molar-refractivity contribution in [3.8, 4) is 0 Å². The maximum Gasteiger partial charge on any atom is 0.153 e. The minimum Gasteiger partial charge on any atom is -0.361 e. The van der Waals surface area contributed by atoms with Crippen molar-refractivity contribution in [2.75, 3.05) is 11.4 Å². The second kappa shape index (κ2) is 2.66. The van der Waals surface area contributed by atoms with Crippen LogP contribution in [-0.2, 0) is 0 Å². The number of aromatic nitrogens is 1. The third-order valence-electron chi connectivity index (χ3n) is 2.14. The van der Waals surface area contributed by atoms with Gasteiger partial charge in [0.25, 0.3) is 0 Å². The van der Waals surface area contributed by atoms with Crippen LogP contribution < -0.4 is 4.90 Å². The van der Waals surface area contributed by atoms with Gasteiger partial charge in [0, 0.05) is 18.5 Å². The fraction of sp³-hybridized carbons (Fsp3) is 0.444. The molecule has 0 atom stereocenters. The summed E-state index contributed by atoms with van der Waals surface area (Å²) < 4.78 is 0. The molecule has 0 fully saturated rings. The molecule has 1 aromatic heterocycles. The molecule has 0 spiro atoms. The van der Waals surface area contributed by atoms with E-state index in [2.05, 4.69) is 34.8 Å². The summed E-state index contributed by atoms with van der Waals surface area (Å²) in [5.41, 5.74) is 1.22. The van der Waals surface area contributed by atoms with E-state index in [4.69, 9.17) is 0 Å². The summed E-state index contributed by atoms with van der Waals surface area (Å²) in [5.74, 6) is 0.981. The number of anilines is 1. The fourth-order valence-corrected chi connectivity index (χ4v) is 1.49. The number of aliphatic imine (C=N–C) groups is 1. The standard InChI is InChI=1S/C9H13N3/c1-7(2)12-6-5-11-9-8(12)3-4-10-9/h3-5,7,10H,6H2,1-2H3. The molecule has 1 aliphatic rings. The highest BCUT2D eigenvalue weighted by Gasteiger charge is 2.16. The highest BCUT2D eigenvalue weighted by Crippen LogP contribution is 2.30. The summed E-state index contributed by atoms with van der Waals surface area (Å²) in [7, 11) is 0. The van der Waals surface area contributed by atoms with E-state index in [9.17, 15) is 0 Å². The first-order chi connectivity index (χ1) is 5.79. The molecule has 0 saturated carbocycles. The monoisotopic (exact) mass is 163 g/mol. The lowest BCUT2D eigenvalue weighted by Gasteiger charge is -2.28. The summed E-state index contributed by atoms with van der Waals surface area (Å²) in [5, 5.41) is 0. The van der Waals surface area contributed by atoms with Gasteiger partial charge >= 0.3 is 0 Å². The molecule has 12 heavy (non-hydrogen) atoms. The molecule has 1 aromatic rings. The van der Waals surface area contributed by atoms with Gasteiger partial charge < -0.3 is 9.88 Å². The van der Waals surface area contributed by atoms with Gasteiger partial charge in [0.15, 0.2) is 5.82 Å². The maximum absolute atomic E-state index is 4.26. The van der Waals surface area contributed by atoms with Crippen molar-refractivity contribution in [1.29, 1.82) is 0 Å². The largest absolute Gasteiger partial charge is 0.361 e. The Balaban J connectivity index is 2.38. The van der Waals surface area contributed by atoms with Crippen molar-refractivity contribution in [1.82, 2.24) is 4.98 Å². The van der Waals surface area contributed by atoms with Crippen molar-refractivity contribution in [3.63, 3.8) is 0 Å². The number of aromatic amines is 1. The number of rotatable bonds is 1. The second-order valence-corrected chi connectivity index (χ2v) is 3.27. The van der Waals surface area contributed by atoms with E-state index < -0.39 is 0 Å². The Morgan fingerprint density at radius 1 is 1.58 bits per heavy atom. The Kier molecular flexibility index (Phi) is 1.64. The Labute approximate surface area is 72.1 Å². The Bertz CT molecular complexity index is 298. The molecule has 0 bridgehead atoms. The molecule has 0 aromatic carbocycles. The van der Waals surface area contributed by atoms with E-state index in [1.807, 2.05) is 12.4 Å². The zero-order valence-electron chi connectivity index (χ0n) is 7.41. The van der Waals surface area contributed by atoms with Crippen molar-refractivity contribution in [2.45, 2.75) is 19.9 Å². The zero-order chi connectivity index (χ0) is 8.55. The molecule has 0 radical (unpaired) electrons. The third-order valence-corrected chi connectivity index (χ3v) is 2.14. The van der Waals surface area contributed by atoms with E-state index in [0.29, 0.717) is 6.04 Å². The average molecular weight is 163 g/mol. The van der Waals surface area contributed by atoms with E-state index in [1.165, 1.54) is 5.69 Å². The van der Waals surface area contributed by atoms with Crippen LogP contribution >= 0.6 is 0 Å². The highest BCUT2D eigenvalue weighted by molar-refractivity contribution is 5.80. The first-order valence-electron chi connectivity index (χ1n) is 4.25. The number of hydrogen-bond donors (Lipinski definition) is 1. The van der Waals surface area contributed by atoms with E-state index in [1.54, 1.807) is 0 Å². The normalized spacial score (nSPS) is 15.4. The molecule has 3 nitrogen and oxygen atoms in total. The van der Waals surface area contributed by atoms with Gasteiger partial charge in [0.05, 0.1) is 12.2 Å². The number of hydrogen-bond acceptors (Lipinski definition) is 2.